The zero-order chi connectivity index (χ0) is 27.7. The van der Waals surface area contributed by atoms with Crippen LogP contribution in [0.1, 0.15) is 42.2 Å². The minimum Gasteiger partial charge on any atom is -0.457 e. The van der Waals surface area contributed by atoms with Crippen LogP contribution in [0.2, 0.25) is 5.02 Å². The normalized spacial score (nSPS) is 12.3. The van der Waals surface area contributed by atoms with Crippen molar-refractivity contribution < 1.29 is 28.8 Å². The molecule has 0 bridgehead atoms. The van der Waals surface area contributed by atoms with Crippen molar-refractivity contribution in [3.63, 3.8) is 0 Å². The first-order valence-electron chi connectivity index (χ1n) is 11.7. The molecule has 0 N–H and O–H groups in total. The Morgan fingerprint density at radius 1 is 0.897 bits per heavy atom. The van der Waals surface area contributed by atoms with E-state index in [1.54, 1.807) is 49.4 Å². The summed E-state index contributed by atoms with van der Waals surface area (Å²) in [6.45, 7) is 1.69. The Labute approximate surface area is 227 Å². The van der Waals surface area contributed by atoms with Crippen molar-refractivity contribution in [1.82, 2.24) is 0 Å². The second-order valence-electron chi connectivity index (χ2n) is 8.71. The first-order valence-corrected chi connectivity index (χ1v) is 12.1. The van der Waals surface area contributed by atoms with Gasteiger partial charge in [0.15, 0.2) is 0 Å². The predicted molar refractivity (Wildman–Crippen MR) is 143 cm³/mol. The van der Waals surface area contributed by atoms with Gasteiger partial charge in [-0.3, -0.25) is 19.7 Å². The number of non-ortho nitro benzene ring substituents is 1. The molecule has 0 spiro atoms. The number of anilines is 1. The van der Waals surface area contributed by atoms with Crippen LogP contribution in [0, 0.1) is 17.0 Å². The molecule has 4 aromatic carbocycles. The van der Waals surface area contributed by atoms with Gasteiger partial charge in [-0.15, -0.1) is 0 Å². The number of carbonyl (C=O) groups is 3. The van der Waals surface area contributed by atoms with Crippen molar-refractivity contribution in [3.8, 4) is 11.5 Å². The first kappa shape index (κ1) is 25.6. The summed E-state index contributed by atoms with van der Waals surface area (Å²) in [5, 5.41) is 11.2. The summed E-state index contributed by atoms with van der Waals surface area (Å²) in [7, 11) is 0. The summed E-state index contributed by atoms with van der Waals surface area (Å²) >= 11 is 6.08. The van der Waals surface area contributed by atoms with Crippen LogP contribution in [0.25, 0.3) is 0 Å². The number of amides is 2. The fraction of sp³-hybridized carbons (Fsp3) is 0.0690. The van der Waals surface area contributed by atoms with E-state index in [9.17, 15) is 24.5 Å². The van der Waals surface area contributed by atoms with Crippen molar-refractivity contribution >= 4 is 40.8 Å². The summed E-state index contributed by atoms with van der Waals surface area (Å²) in [6, 6.07) is 21.6. The molecule has 0 atom stereocenters. The smallest absolute Gasteiger partial charge is 0.338 e. The van der Waals surface area contributed by atoms with E-state index in [0.29, 0.717) is 33.3 Å². The van der Waals surface area contributed by atoms with Crippen LogP contribution in [0.3, 0.4) is 0 Å². The standard InChI is InChI=1S/C29H19ClN2O7/c1-17-5-7-20(30)15-26(17)31-27(33)24-12-6-19(14-25(24)28(31)34)29(35)38-16-18-3-2-4-23(13-18)39-22-10-8-21(9-11-22)32(36)37/h2-15H,16H2,1H3. The Morgan fingerprint density at radius 2 is 1.64 bits per heavy atom. The number of carbonyl (C=O) groups excluding carboxylic acids is 3. The van der Waals surface area contributed by atoms with E-state index in [1.165, 1.54) is 42.5 Å². The van der Waals surface area contributed by atoms with Gasteiger partial charge in [-0.05, 0) is 72.6 Å². The summed E-state index contributed by atoms with van der Waals surface area (Å²) in [6.07, 6.45) is 0. The molecular formula is C29H19ClN2O7. The number of halogens is 1. The monoisotopic (exact) mass is 542 g/mol. The van der Waals surface area contributed by atoms with Gasteiger partial charge in [0.05, 0.1) is 27.3 Å². The summed E-state index contributed by atoms with van der Waals surface area (Å²) < 4.78 is 11.2. The lowest BCUT2D eigenvalue weighted by atomic mass is 10.1. The van der Waals surface area contributed by atoms with Crippen molar-refractivity contribution in [2.24, 2.45) is 0 Å². The zero-order valence-corrected chi connectivity index (χ0v) is 21.2. The Morgan fingerprint density at radius 3 is 2.38 bits per heavy atom. The fourth-order valence-corrected chi connectivity index (χ4v) is 4.28. The van der Waals surface area contributed by atoms with Crippen molar-refractivity contribution in [1.29, 1.82) is 0 Å². The average molecular weight is 543 g/mol. The van der Waals surface area contributed by atoms with Crippen LogP contribution in [-0.2, 0) is 11.3 Å². The molecule has 0 fully saturated rings. The second-order valence-corrected chi connectivity index (χ2v) is 9.15. The van der Waals surface area contributed by atoms with Crippen LogP contribution >= 0.6 is 11.6 Å². The van der Waals surface area contributed by atoms with Crippen LogP contribution < -0.4 is 9.64 Å². The van der Waals surface area contributed by atoms with Gasteiger partial charge >= 0.3 is 5.97 Å². The van der Waals surface area contributed by atoms with Crippen molar-refractivity contribution in [2.75, 3.05) is 4.90 Å². The van der Waals surface area contributed by atoms with E-state index in [4.69, 9.17) is 21.1 Å². The molecule has 0 radical (unpaired) electrons. The van der Waals surface area contributed by atoms with Crippen LogP contribution in [-0.4, -0.2) is 22.7 Å². The van der Waals surface area contributed by atoms with Gasteiger partial charge in [-0.2, -0.15) is 0 Å². The molecule has 1 aliphatic heterocycles. The predicted octanol–water partition coefficient (Wildman–Crippen LogP) is 6.51. The van der Waals surface area contributed by atoms with E-state index in [2.05, 4.69) is 0 Å². The molecule has 5 rings (SSSR count). The lowest BCUT2D eigenvalue weighted by molar-refractivity contribution is -0.384. The van der Waals surface area contributed by atoms with Crippen LogP contribution in [0.4, 0.5) is 11.4 Å². The molecule has 4 aromatic rings. The van der Waals surface area contributed by atoms with Gasteiger partial charge in [0.2, 0.25) is 0 Å². The highest BCUT2D eigenvalue weighted by atomic mass is 35.5. The minimum absolute atomic E-state index is 0.0482. The van der Waals surface area contributed by atoms with Crippen molar-refractivity contribution in [2.45, 2.75) is 13.5 Å². The number of nitrogens with zero attached hydrogens (tertiary/aromatic N) is 2. The van der Waals surface area contributed by atoms with Crippen LogP contribution in [0.15, 0.2) is 84.9 Å². The number of aryl methyl sites for hydroxylation is 1. The largest absolute Gasteiger partial charge is 0.457 e. The highest BCUT2D eigenvalue weighted by Crippen LogP contribution is 2.33. The van der Waals surface area contributed by atoms with Gasteiger partial charge in [0.25, 0.3) is 17.5 Å². The zero-order valence-electron chi connectivity index (χ0n) is 20.4. The quantitative estimate of drug-likeness (QED) is 0.113. The maximum Gasteiger partial charge on any atom is 0.338 e. The number of imide groups is 1. The molecule has 1 heterocycles. The summed E-state index contributed by atoms with van der Waals surface area (Å²) in [5.41, 5.74) is 2.09. The van der Waals surface area contributed by atoms with Crippen LogP contribution in [0.5, 0.6) is 11.5 Å². The molecular weight excluding hydrogens is 524 g/mol. The third kappa shape index (κ3) is 5.21. The van der Waals surface area contributed by atoms with Gasteiger partial charge < -0.3 is 9.47 Å². The maximum atomic E-state index is 13.1. The number of nitro benzene ring substituents is 1. The molecule has 9 nitrogen and oxygen atoms in total. The first-order chi connectivity index (χ1) is 18.7. The second kappa shape index (κ2) is 10.4. The summed E-state index contributed by atoms with van der Waals surface area (Å²) in [5.74, 6) is -0.849. The van der Waals surface area contributed by atoms with Gasteiger partial charge in [0, 0.05) is 17.2 Å². The molecule has 0 unspecified atom stereocenters. The van der Waals surface area contributed by atoms with E-state index < -0.39 is 22.7 Å². The molecule has 0 saturated carbocycles. The lowest BCUT2D eigenvalue weighted by Gasteiger charge is -2.16. The molecule has 10 heteroatoms. The molecule has 39 heavy (non-hydrogen) atoms. The topological polar surface area (TPSA) is 116 Å². The number of benzene rings is 4. The number of rotatable bonds is 7. The van der Waals surface area contributed by atoms with E-state index in [0.717, 1.165) is 4.90 Å². The number of esters is 1. The molecule has 2 amide bonds. The van der Waals surface area contributed by atoms with E-state index in [1.807, 2.05) is 0 Å². The number of hydrogen-bond donors (Lipinski definition) is 0. The maximum absolute atomic E-state index is 13.1. The third-order valence-corrected chi connectivity index (χ3v) is 6.32. The van der Waals surface area contributed by atoms with Crippen molar-refractivity contribution in [3.05, 3.63) is 128 Å². The highest BCUT2D eigenvalue weighted by molar-refractivity contribution is 6.36. The molecule has 0 aromatic heterocycles. The Hall–Kier alpha value is -5.02. The van der Waals surface area contributed by atoms with Gasteiger partial charge in [-0.1, -0.05) is 29.8 Å². The summed E-state index contributed by atoms with van der Waals surface area (Å²) in [4.78, 5) is 50.3. The number of nitro groups is 1. The average Bonchev–Trinajstić information content (AvgIpc) is 3.18. The fourth-order valence-electron chi connectivity index (χ4n) is 4.11. The third-order valence-electron chi connectivity index (χ3n) is 6.09. The van der Waals surface area contributed by atoms with E-state index in [-0.39, 0.29) is 29.0 Å². The SMILES string of the molecule is Cc1ccc(Cl)cc1N1C(=O)c2ccc(C(=O)OCc3cccc(Oc4ccc([N+](=O)[O-])cc4)c3)cc2C1=O. The Balaban J connectivity index is 1.27. The Bertz CT molecular complexity index is 1650. The number of hydrogen-bond acceptors (Lipinski definition) is 7. The lowest BCUT2D eigenvalue weighted by Crippen LogP contribution is -2.30. The number of fused-ring (bicyclic) bond motifs is 1. The van der Waals surface area contributed by atoms with Gasteiger partial charge in [0.1, 0.15) is 18.1 Å². The molecule has 1 aliphatic rings. The highest BCUT2D eigenvalue weighted by Gasteiger charge is 2.38. The van der Waals surface area contributed by atoms with Gasteiger partial charge in [-0.25, -0.2) is 9.69 Å². The molecule has 0 saturated heterocycles. The number of ether oxygens (including phenoxy) is 2. The Kier molecular flexibility index (Phi) is 6.83. The van der Waals surface area contributed by atoms with E-state index >= 15 is 0 Å². The minimum atomic E-state index is -0.669. The molecule has 0 aliphatic carbocycles. The molecule has 194 valence electrons.